The first kappa shape index (κ1) is 24.3. The van der Waals surface area contributed by atoms with Crippen molar-refractivity contribution >= 4 is 52.1 Å². The predicted octanol–water partition coefficient (Wildman–Crippen LogP) is 4.47. The Morgan fingerprint density at radius 2 is 1.89 bits per heavy atom. The molecule has 38 heavy (non-hydrogen) atoms. The number of thiazole rings is 1. The normalized spacial score (nSPS) is 15.3. The van der Waals surface area contributed by atoms with Crippen LogP contribution in [0.15, 0.2) is 114 Å². The first-order chi connectivity index (χ1) is 18.6. The van der Waals surface area contributed by atoms with Crippen LogP contribution in [-0.2, 0) is 4.79 Å². The first-order valence-electron chi connectivity index (χ1n) is 11.5. The summed E-state index contributed by atoms with van der Waals surface area (Å²) >= 11 is 4.06. The van der Waals surface area contributed by atoms with Crippen molar-refractivity contribution in [2.45, 2.75) is 23.2 Å². The highest BCUT2D eigenvalue weighted by Crippen LogP contribution is 2.33. The number of nitrogens with zero attached hydrogens (tertiary/aromatic N) is 4. The fourth-order valence-electron chi connectivity index (χ4n) is 4.07. The van der Waals surface area contributed by atoms with Gasteiger partial charge >= 0.3 is 0 Å². The number of carbonyl (C=O) groups is 1. The van der Waals surface area contributed by atoms with E-state index in [-0.39, 0.29) is 11.5 Å². The molecule has 1 aromatic carbocycles. The Kier molecular flexibility index (Phi) is 6.62. The second-order valence-corrected chi connectivity index (χ2v) is 11.2. The van der Waals surface area contributed by atoms with Crippen LogP contribution < -0.4 is 20.2 Å². The summed E-state index contributed by atoms with van der Waals surface area (Å²) in [6.07, 6.45) is 5.04. The summed E-state index contributed by atoms with van der Waals surface area (Å²) in [5, 5.41) is 6.07. The number of furan rings is 1. The number of nitrogens with one attached hydrogen (secondary N) is 1. The number of benzene rings is 1. The lowest BCUT2D eigenvalue weighted by Gasteiger charge is -2.24. The van der Waals surface area contributed by atoms with Crippen LogP contribution in [0.4, 0.5) is 5.69 Å². The molecule has 4 aromatic heterocycles. The fourth-order valence-corrected chi connectivity index (χ4v) is 6.60. The van der Waals surface area contributed by atoms with Gasteiger partial charge in [-0.2, -0.15) is 0 Å². The average Bonchev–Trinajstić information content (AvgIpc) is 3.67. The average molecular weight is 558 g/mol. The van der Waals surface area contributed by atoms with Gasteiger partial charge in [-0.15, -0.1) is 11.3 Å². The van der Waals surface area contributed by atoms with Crippen LogP contribution >= 0.6 is 34.4 Å². The molecule has 1 atom stereocenters. The molecular weight excluding hydrogens is 539 g/mol. The number of thiophene rings is 1. The molecule has 0 spiro atoms. The molecule has 188 valence electrons. The van der Waals surface area contributed by atoms with Gasteiger partial charge in [0.05, 0.1) is 15.8 Å². The van der Waals surface area contributed by atoms with Gasteiger partial charge in [-0.3, -0.25) is 14.2 Å². The van der Waals surface area contributed by atoms with Crippen molar-refractivity contribution < 1.29 is 9.21 Å². The Morgan fingerprint density at radius 3 is 2.66 bits per heavy atom. The zero-order chi connectivity index (χ0) is 26.1. The van der Waals surface area contributed by atoms with Crippen molar-refractivity contribution in [3.8, 4) is 0 Å². The van der Waals surface area contributed by atoms with Gasteiger partial charge in [0.2, 0.25) is 0 Å². The third-order valence-corrected chi connectivity index (χ3v) is 8.44. The number of allylic oxidation sites excluding steroid dienone is 1. The monoisotopic (exact) mass is 557 g/mol. The van der Waals surface area contributed by atoms with Crippen molar-refractivity contribution in [3.63, 3.8) is 0 Å². The number of hydrogen-bond donors (Lipinski definition) is 1. The van der Waals surface area contributed by atoms with Crippen LogP contribution in [0.25, 0.3) is 6.08 Å². The van der Waals surface area contributed by atoms with Crippen molar-refractivity contribution in [2.75, 3.05) is 5.32 Å². The Morgan fingerprint density at radius 1 is 1.08 bits per heavy atom. The topological polar surface area (TPSA) is 102 Å². The van der Waals surface area contributed by atoms with Gasteiger partial charge in [0.1, 0.15) is 11.8 Å². The maximum atomic E-state index is 13.7. The molecule has 0 aliphatic carbocycles. The van der Waals surface area contributed by atoms with Crippen molar-refractivity contribution in [3.05, 3.63) is 120 Å². The largest absolute Gasteiger partial charge is 0.450 e. The SMILES string of the molecule is CC1=C(C(=O)Nc2ccccc2)C(c2cccs2)n2c(sc(=Cc3ccc(Sc4ncccn4)o3)c2=O)=N1. The summed E-state index contributed by atoms with van der Waals surface area (Å²) in [5.41, 5.74) is 1.45. The summed E-state index contributed by atoms with van der Waals surface area (Å²) in [7, 11) is 0. The highest BCUT2D eigenvalue weighted by Gasteiger charge is 2.33. The quantitative estimate of drug-likeness (QED) is 0.309. The van der Waals surface area contributed by atoms with Gasteiger partial charge in [0.25, 0.3) is 11.5 Å². The second-order valence-electron chi connectivity index (χ2n) is 8.21. The van der Waals surface area contributed by atoms with Gasteiger partial charge in [-0.1, -0.05) is 35.6 Å². The number of fused-ring (bicyclic) bond motifs is 1. The molecule has 1 amide bonds. The zero-order valence-corrected chi connectivity index (χ0v) is 22.3. The molecule has 6 rings (SSSR count). The Labute approximate surface area is 228 Å². The lowest BCUT2D eigenvalue weighted by molar-refractivity contribution is -0.113. The summed E-state index contributed by atoms with van der Waals surface area (Å²) in [5.74, 6) is 0.236. The van der Waals surface area contributed by atoms with Gasteiger partial charge in [0.15, 0.2) is 15.1 Å². The molecule has 0 saturated heterocycles. The molecule has 1 aliphatic rings. The Bertz CT molecular complexity index is 1820. The third-order valence-electron chi connectivity index (χ3n) is 5.72. The van der Waals surface area contributed by atoms with E-state index in [2.05, 4.69) is 20.3 Å². The molecule has 0 radical (unpaired) electrons. The highest BCUT2D eigenvalue weighted by atomic mass is 32.2. The molecule has 0 fully saturated rings. The number of carbonyl (C=O) groups excluding carboxylic acids is 1. The van der Waals surface area contributed by atoms with Gasteiger partial charge in [-0.25, -0.2) is 15.0 Å². The van der Waals surface area contributed by atoms with Crippen LogP contribution in [-0.4, -0.2) is 20.4 Å². The van der Waals surface area contributed by atoms with Crippen LogP contribution in [0.5, 0.6) is 0 Å². The zero-order valence-electron chi connectivity index (χ0n) is 19.9. The van der Waals surface area contributed by atoms with E-state index < -0.39 is 6.04 Å². The molecule has 0 bridgehead atoms. The molecule has 1 aliphatic heterocycles. The lowest BCUT2D eigenvalue weighted by atomic mass is 10.0. The minimum atomic E-state index is -0.588. The van der Waals surface area contributed by atoms with Crippen LogP contribution in [0.3, 0.4) is 0 Å². The standard InChI is InChI=1S/C27H19N5O3S3/c1-16-22(24(33)31-17-7-3-2-4-8-17)23(19-9-5-14-36-19)32-25(34)20(37-27(32)30-16)15-18-10-11-21(35-18)38-26-28-12-6-13-29-26/h2-15,23H,1H3,(H,31,33). The molecule has 8 nitrogen and oxygen atoms in total. The molecule has 5 aromatic rings. The summed E-state index contributed by atoms with van der Waals surface area (Å²) in [6.45, 7) is 1.80. The first-order valence-corrected chi connectivity index (χ1v) is 14.0. The number of hydrogen-bond acceptors (Lipinski definition) is 9. The van der Waals surface area contributed by atoms with Gasteiger partial charge < -0.3 is 9.73 Å². The molecule has 11 heteroatoms. The Balaban J connectivity index is 1.39. The lowest BCUT2D eigenvalue weighted by Crippen LogP contribution is -2.40. The fraction of sp³-hybridized carbons (Fsp3) is 0.0741. The van der Waals surface area contributed by atoms with Crippen LogP contribution in [0.2, 0.25) is 0 Å². The molecule has 0 saturated carbocycles. The molecular formula is C27H19N5O3S3. The van der Waals surface area contributed by atoms with E-state index in [4.69, 9.17) is 4.42 Å². The maximum absolute atomic E-state index is 13.7. The third kappa shape index (κ3) is 4.78. The smallest absolute Gasteiger partial charge is 0.271 e. The number of aromatic nitrogens is 3. The minimum Gasteiger partial charge on any atom is -0.450 e. The molecule has 1 unspecified atom stereocenters. The van der Waals surface area contributed by atoms with Crippen molar-refractivity contribution in [2.24, 2.45) is 4.99 Å². The van der Waals surface area contributed by atoms with E-state index in [1.165, 1.54) is 34.4 Å². The number of amides is 1. The van der Waals surface area contributed by atoms with Crippen LogP contribution in [0.1, 0.15) is 23.6 Å². The second kappa shape index (κ2) is 10.4. The summed E-state index contributed by atoms with van der Waals surface area (Å²) < 4.78 is 7.97. The van der Waals surface area contributed by atoms with E-state index in [0.717, 1.165) is 4.88 Å². The van der Waals surface area contributed by atoms with E-state index in [1.807, 2.05) is 53.9 Å². The van der Waals surface area contributed by atoms with E-state index in [1.54, 1.807) is 42.1 Å². The van der Waals surface area contributed by atoms with E-state index in [0.29, 0.717) is 42.3 Å². The Hall–Kier alpha value is -4.06. The summed E-state index contributed by atoms with van der Waals surface area (Å²) in [6, 6.07) is 17.9. The predicted molar refractivity (Wildman–Crippen MR) is 148 cm³/mol. The summed E-state index contributed by atoms with van der Waals surface area (Å²) in [4.78, 5) is 41.7. The van der Waals surface area contributed by atoms with Gasteiger partial charge in [0, 0.05) is 29.0 Å². The van der Waals surface area contributed by atoms with E-state index >= 15 is 0 Å². The maximum Gasteiger partial charge on any atom is 0.271 e. The molecule has 5 heterocycles. The number of anilines is 1. The van der Waals surface area contributed by atoms with Gasteiger partial charge in [-0.05, 0) is 60.5 Å². The van der Waals surface area contributed by atoms with E-state index in [9.17, 15) is 9.59 Å². The number of para-hydroxylation sites is 1. The van der Waals surface area contributed by atoms with Crippen molar-refractivity contribution in [1.82, 2.24) is 14.5 Å². The minimum absolute atomic E-state index is 0.235. The number of rotatable bonds is 6. The highest BCUT2D eigenvalue weighted by molar-refractivity contribution is 7.99. The van der Waals surface area contributed by atoms with Crippen molar-refractivity contribution in [1.29, 1.82) is 0 Å². The van der Waals surface area contributed by atoms with Crippen LogP contribution in [0, 0.1) is 0 Å². The molecule has 1 N–H and O–H groups in total.